The van der Waals surface area contributed by atoms with E-state index in [1.165, 1.54) is 6.07 Å². The highest BCUT2D eigenvalue weighted by Crippen LogP contribution is 2.29. The first-order chi connectivity index (χ1) is 9.63. The van der Waals surface area contributed by atoms with E-state index in [9.17, 15) is 9.59 Å². The van der Waals surface area contributed by atoms with Gasteiger partial charge in [0.05, 0.1) is 5.69 Å². The second-order valence-electron chi connectivity index (χ2n) is 5.47. The third-order valence-corrected chi connectivity index (χ3v) is 4.06. The summed E-state index contributed by atoms with van der Waals surface area (Å²) in [7, 11) is 0. The summed E-state index contributed by atoms with van der Waals surface area (Å²) in [5.41, 5.74) is 6.01. The van der Waals surface area contributed by atoms with Gasteiger partial charge in [0, 0.05) is 31.0 Å². The average molecular weight is 274 g/mol. The van der Waals surface area contributed by atoms with E-state index in [1.807, 2.05) is 4.90 Å². The Morgan fingerprint density at radius 1 is 1.40 bits per heavy atom. The molecule has 3 N–H and O–H groups in total. The fraction of sp³-hybridized carbons (Fsp3) is 0.500. The third-order valence-electron chi connectivity index (χ3n) is 4.06. The van der Waals surface area contributed by atoms with Crippen LogP contribution in [0, 0.1) is 5.92 Å². The minimum absolute atomic E-state index is 0.103. The number of nitrogens with one attached hydrogen (secondary N) is 1. The van der Waals surface area contributed by atoms with Crippen molar-refractivity contribution in [2.75, 3.05) is 18.8 Å². The van der Waals surface area contributed by atoms with E-state index < -0.39 is 0 Å². The van der Waals surface area contributed by atoms with Crippen molar-refractivity contribution in [2.45, 2.75) is 25.2 Å². The molecule has 20 heavy (non-hydrogen) atoms. The number of likely N-dealkylation sites (tertiary alicyclic amines) is 1. The molecular weight excluding hydrogens is 256 g/mol. The predicted molar refractivity (Wildman–Crippen MR) is 75.1 cm³/mol. The van der Waals surface area contributed by atoms with Gasteiger partial charge in [0.15, 0.2) is 0 Å². The quantitative estimate of drug-likeness (QED) is 0.774. The number of hydrogen-bond donors (Lipinski definition) is 2. The Morgan fingerprint density at radius 3 is 2.85 bits per heavy atom. The van der Waals surface area contributed by atoms with Crippen molar-refractivity contribution in [3.8, 4) is 0 Å². The van der Waals surface area contributed by atoms with Crippen LogP contribution in [0.5, 0.6) is 0 Å². The Balaban J connectivity index is 1.70. The van der Waals surface area contributed by atoms with Gasteiger partial charge in [-0.05, 0) is 19.3 Å². The number of hydrogen-bond acceptors (Lipinski definition) is 4. The molecule has 6 heteroatoms. The first-order valence-electron chi connectivity index (χ1n) is 6.94. The summed E-state index contributed by atoms with van der Waals surface area (Å²) < 4.78 is 0. The topological polar surface area (TPSA) is 92.1 Å². The molecule has 3 rings (SSSR count). The number of aromatic amines is 1. The zero-order valence-electron chi connectivity index (χ0n) is 11.2. The molecule has 1 aromatic heterocycles. The number of allylic oxidation sites excluding steroid dienone is 2. The molecule has 0 radical (unpaired) electrons. The molecule has 1 atom stereocenters. The van der Waals surface area contributed by atoms with Gasteiger partial charge >= 0.3 is 0 Å². The molecule has 6 nitrogen and oxygen atoms in total. The molecular formula is C14H18N4O2. The van der Waals surface area contributed by atoms with Crippen molar-refractivity contribution in [2.24, 2.45) is 5.92 Å². The largest absolute Gasteiger partial charge is 0.369 e. The van der Waals surface area contributed by atoms with Crippen molar-refractivity contribution >= 4 is 11.9 Å². The maximum Gasteiger partial charge on any atom is 0.252 e. The van der Waals surface area contributed by atoms with Crippen LogP contribution in [0.15, 0.2) is 23.0 Å². The summed E-state index contributed by atoms with van der Waals surface area (Å²) in [5.74, 6) is 0.566. The Kier molecular flexibility index (Phi) is 3.30. The fourth-order valence-electron chi connectivity index (χ4n) is 2.98. The zero-order valence-corrected chi connectivity index (χ0v) is 11.2. The van der Waals surface area contributed by atoms with E-state index in [1.54, 1.807) is 0 Å². The van der Waals surface area contributed by atoms with Crippen LogP contribution < -0.4 is 11.3 Å². The number of nitrogens with two attached hydrogens (primary N) is 1. The van der Waals surface area contributed by atoms with E-state index in [0.29, 0.717) is 12.2 Å². The fourth-order valence-corrected chi connectivity index (χ4v) is 2.98. The molecule has 106 valence electrons. The number of carbonyl (C=O) groups excluding carboxylic acids is 1. The van der Waals surface area contributed by atoms with Crippen LogP contribution >= 0.6 is 0 Å². The van der Waals surface area contributed by atoms with Crippen molar-refractivity contribution in [3.05, 3.63) is 34.3 Å². The summed E-state index contributed by atoms with van der Waals surface area (Å²) in [4.78, 5) is 32.3. The number of aromatic nitrogens is 2. The number of nitrogens with zero attached hydrogens (tertiary/aromatic N) is 2. The lowest BCUT2D eigenvalue weighted by Crippen LogP contribution is -2.33. The van der Waals surface area contributed by atoms with E-state index >= 15 is 0 Å². The van der Waals surface area contributed by atoms with Gasteiger partial charge in [0.2, 0.25) is 11.9 Å². The molecule has 1 aromatic rings. The molecule has 1 amide bonds. The molecule has 1 saturated heterocycles. The summed E-state index contributed by atoms with van der Waals surface area (Å²) in [6, 6.07) is 1.48. The number of carbonyl (C=O) groups is 1. The van der Waals surface area contributed by atoms with Crippen LogP contribution in [0.4, 0.5) is 5.95 Å². The van der Waals surface area contributed by atoms with Gasteiger partial charge < -0.3 is 10.6 Å². The normalized spacial score (nSPS) is 22.6. The molecule has 1 aliphatic carbocycles. The van der Waals surface area contributed by atoms with Crippen LogP contribution in [0.25, 0.3) is 0 Å². The smallest absolute Gasteiger partial charge is 0.252 e. The van der Waals surface area contributed by atoms with E-state index in [-0.39, 0.29) is 29.3 Å². The number of rotatable bonds is 2. The standard InChI is InChI=1S/C14H18N4O2/c15-14-16-11(7-12(19)17-14)10-5-6-18(8-10)13(20)9-3-1-2-4-9/h1-2,7,9-10H,3-6,8H2,(H3,15,16,17,19). The van der Waals surface area contributed by atoms with Crippen molar-refractivity contribution < 1.29 is 4.79 Å². The first-order valence-corrected chi connectivity index (χ1v) is 6.94. The maximum atomic E-state index is 12.3. The SMILES string of the molecule is Nc1nc(C2CCN(C(=O)C3CC=CC3)C2)cc(=O)[nH]1. The molecule has 2 aliphatic rings. The highest BCUT2D eigenvalue weighted by atomic mass is 16.2. The van der Waals surface area contributed by atoms with Gasteiger partial charge in [-0.25, -0.2) is 4.98 Å². The first kappa shape index (κ1) is 12.9. The van der Waals surface area contributed by atoms with Crippen LogP contribution in [0.2, 0.25) is 0 Å². The molecule has 0 saturated carbocycles. The van der Waals surface area contributed by atoms with Crippen LogP contribution in [-0.2, 0) is 4.79 Å². The van der Waals surface area contributed by atoms with Crippen LogP contribution in [-0.4, -0.2) is 33.9 Å². The Hall–Kier alpha value is -2.11. The molecule has 1 unspecified atom stereocenters. The number of H-pyrrole nitrogens is 1. The lowest BCUT2D eigenvalue weighted by atomic mass is 10.0. The number of amides is 1. The van der Waals surface area contributed by atoms with Gasteiger partial charge in [-0.3, -0.25) is 14.6 Å². The molecule has 0 spiro atoms. The second kappa shape index (κ2) is 5.11. The van der Waals surface area contributed by atoms with Gasteiger partial charge in [-0.1, -0.05) is 12.2 Å². The summed E-state index contributed by atoms with van der Waals surface area (Å²) in [6.07, 6.45) is 6.65. The lowest BCUT2D eigenvalue weighted by molar-refractivity contribution is -0.134. The van der Waals surface area contributed by atoms with E-state index in [2.05, 4.69) is 22.1 Å². The summed E-state index contributed by atoms with van der Waals surface area (Å²) >= 11 is 0. The van der Waals surface area contributed by atoms with E-state index in [0.717, 1.165) is 25.8 Å². The average Bonchev–Trinajstić information content (AvgIpc) is 3.09. The maximum absolute atomic E-state index is 12.3. The third kappa shape index (κ3) is 2.45. The number of anilines is 1. The summed E-state index contributed by atoms with van der Waals surface area (Å²) in [6.45, 7) is 1.36. The lowest BCUT2D eigenvalue weighted by Gasteiger charge is -2.20. The minimum atomic E-state index is -0.239. The molecule has 1 fully saturated rings. The Bertz CT molecular complexity index is 599. The molecule has 0 bridgehead atoms. The highest BCUT2D eigenvalue weighted by molar-refractivity contribution is 5.80. The molecule has 2 heterocycles. The van der Waals surface area contributed by atoms with Crippen molar-refractivity contribution in [1.82, 2.24) is 14.9 Å². The highest BCUT2D eigenvalue weighted by Gasteiger charge is 2.32. The van der Waals surface area contributed by atoms with Crippen LogP contribution in [0.3, 0.4) is 0 Å². The number of nitrogen functional groups attached to an aromatic ring is 1. The van der Waals surface area contributed by atoms with Gasteiger partial charge in [0.25, 0.3) is 5.56 Å². The summed E-state index contributed by atoms with van der Waals surface area (Å²) in [5, 5.41) is 0. The molecule has 0 aromatic carbocycles. The van der Waals surface area contributed by atoms with Crippen LogP contribution in [0.1, 0.15) is 30.9 Å². The predicted octanol–water partition coefficient (Wildman–Crippen LogP) is 0.634. The van der Waals surface area contributed by atoms with Gasteiger partial charge in [0.1, 0.15) is 0 Å². The Labute approximate surface area is 116 Å². The second-order valence-corrected chi connectivity index (χ2v) is 5.47. The van der Waals surface area contributed by atoms with Gasteiger partial charge in [-0.2, -0.15) is 0 Å². The molecule has 1 aliphatic heterocycles. The van der Waals surface area contributed by atoms with Gasteiger partial charge in [-0.15, -0.1) is 0 Å². The minimum Gasteiger partial charge on any atom is -0.369 e. The zero-order chi connectivity index (χ0) is 14.1. The van der Waals surface area contributed by atoms with E-state index in [4.69, 9.17) is 5.73 Å². The monoisotopic (exact) mass is 274 g/mol. The Morgan fingerprint density at radius 2 is 2.15 bits per heavy atom. The van der Waals surface area contributed by atoms with Crippen molar-refractivity contribution in [1.29, 1.82) is 0 Å². The van der Waals surface area contributed by atoms with Crippen molar-refractivity contribution in [3.63, 3.8) is 0 Å².